The largest absolute Gasteiger partial charge is 0.496 e. The molecule has 0 heterocycles. The standard InChI is InChI=1S/C15H16FNO3S/c1-11-9-13(7-8-14(11)16)21(18,19)17-10-12-5-3-4-6-15(12)20-2/h3-9,17H,10H2,1-2H3. The molecule has 0 radical (unpaired) electrons. The quantitative estimate of drug-likeness (QED) is 0.923. The Morgan fingerprint density at radius 1 is 1.19 bits per heavy atom. The number of para-hydroxylation sites is 1. The molecular formula is C15H16FNO3S. The zero-order valence-electron chi connectivity index (χ0n) is 11.8. The molecule has 0 fully saturated rings. The topological polar surface area (TPSA) is 55.4 Å². The molecule has 2 rings (SSSR count). The third-order valence-electron chi connectivity index (χ3n) is 3.08. The Balaban J connectivity index is 2.20. The summed E-state index contributed by atoms with van der Waals surface area (Å²) in [5.74, 6) is 0.175. The maximum absolute atomic E-state index is 13.2. The molecule has 0 spiro atoms. The lowest BCUT2D eigenvalue weighted by molar-refractivity contribution is 0.409. The molecule has 0 amide bonds. The number of aryl methyl sites for hydroxylation is 1. The van der Waals surface area contributed by atoms with Crippen LogP contribution < -0.4 is 9.46 Å². The number of nitrogens with one attached hydrogen (secondary N) is 1. The Kier molecular flexibility index (Phi) is 4.59. The van der Waals surface area contributed by atoms with Gasteiger partial charge in [-0.25, -0.2) is 17.5 Å². The minimum Gasteiger partial charge on any atom is -0.496 e. The number of ether oxygens (including phenoxy) is 1. The molecule has 0 unspecified atom stereocenters. The zero-order valence-corrected chi connectivity index (χ0v) is 12.6. The van der Waals surface area contributed by atoms with Gasteiger partial charge in [-0.1, -0.05) is 18.2 Å². The molecule has 0 aliphatic rings. The first-order chi connectivity index (χ1) is 9.94. The molecule has 21 heavy (non-hydrogen) atoms. The predicted molar refractivity (Wildman–Crippen MR) is 78.2 cm³/mol. The minimum absolute atomic E-state index is 0.0382. The van der Waals surface area contributed by atoms with Crippen molar-refractivity contribution in [3.63, 3.8) is 0 Å². The van der Waals surface area contributed by atoms with Gasteiger partial charge >= 0.3 is 0 Å². The van der Waals surface area contributed by atoms with E-state index in [9.17, 15) is 12.8 Å². The van der Waals surface area contributed by atoms with E-state index >= 15 is 0 Å². The molecule has 0 aromatic heterocycles. The van der Waals surface area contributed by atoms with Gasteiger partial charge in [0.15, 0.2) is 0 Å². The Labute approximate surface area is 123 Å². The van der Waals surface area contributed by atoms with Gasteiger partial charge in [0.05, 0.1) is 12.0 Å². The maximum atomic E-state index is 13.2. The number of benzene rings is 2. The van der Waals surface area contributed by atoms with Gasteiger partial charge in [0.25, 0.3) is 0 Å². The predicted octanol–water partition coefficient (Wildman–Crippen LogP) is 2.62. The molecule has 0 saturated carbocycles. The molecule has 0 aliphatic heterocycles. The average Bonchev–Trinajstić information content (AvgIpc) is 2.48. The second-order valence-electron chi connectivity index (χ2n) is 4.55. The van der Waals surface area contributed by atoms with Gasteiger partial charge in [-0.15, -0.1) is 0 Å². The molecule has 2 aromatic carbocycles. The fourth-order valence-electron chi connectivity index (χ4n) is 1.89. The van der Waals surface area contributed by atoms with E-state index in [1.54, 1.807) is 24.3 Å². The third-order valence-corrected chi connectivity index (χ3v) is 4.48. The van der Waals surface area contributed by atoms with Crippen LogP contribution in [0.5, 0.6) is 5.75 Å². The molecule has 112 valence electrons. The van der Waals surface area contributed by atoms with E-state index in [2.05, 4.69) is 4.72 Å². The minimum atomic E-state index is -3.69. The fraction of sp³-hybridized carbons (Fsp3) is 0.200. The van der Waals surface area contributed by atoms with Crippen molar-refractivity contribution >= 4 is 10.0 Å². The van der Waals surface area contributed by atoms with E-state index in [1.807, 2.05) is 0 Å². The summed E-state index contributed by atoms with van der Waals surface area (Å²) in [5.41, 5.74) is 1.01. The number of halogens is 1. The molecule has 1 N–H and O–H groups in total. The van der Waals surface area contributed by atoms with Gasteiger partial charge in [-0.2, -0.15) is 0 Å². The summed E-state index contributed by atoms with van der Waals surface area (Å²) in [6, 6.07) is 10.8. The van der Waals surface area contributed by atoms with Crippen LogP contribution in [0.3, 0.4) is 0 Å². The van der Waals surface area contributed by atoms with Crippen molar-refractivity contribution < 1.29 is 17.5 Å². The molecule has 0 atom stereocenters. The monoisotopic (exact) mass is 309 g/mol. The van der Waals surface area contributed by atoms with E-state index in [4.69, 9.17) is 4.74 Å². The fourth-order valence-corrected chi connectivity index (χ4v) is 2.98. The zero-order chi connectivity index (χ0) is 15.5. The molecular weight excluding hydrogens is 293 g/mol. The summed E-state index contributed by atoms with van der Waals surface area (Å²) in [6.07, 6.45) is 0. The van der Waals surface area contributed by atoms with Crippen molar-refractivity contribution in [2.45, 2.75) is 18.4 Å². The number of hydrogen-bond donors (Lipinski definition) is 1. The van der Waals surface area contributed by atoms with Gasteiger partial charge in [0.2, 0.25) is 10.0 Å². The molecule has 0 saturated heterocycles. The van der Waals surface area contributed by atoms with Gasteiger partial charge in [-0.05, 0) is 36.8 Å². The van der Waals surface area contributed by atoms with E-state index in [-0.39, 0.29) is 17.0 Å². The first-order valence-corrected chi connectivity index (χ1v) is 7.80. The lowest BCUT2D eigenvalue weighted by Crippen LogP contribution is -2.23. The average molecular weight is 309 g/mol. The SMILES string of the molecule is COc1ccccc1CNS(=O)(=O)c1ccc(F)c(C)c1. The Bertz CT molecular complexity index is 744. The summed E-state index contributed by atoms with van der Waals surface area (Å²) in [4.78, 5) is 0.0382. The molecule has 6 heteroatoms. The van der Waals surface area contributed by atoms with Crippen LogP contribution in [0.25, 0.3) is 0 Å². The van der Waals surface area contributed by atoms with Crippen LogP contribution in [0.2, 0.25) is 0 Å². The summed E-state index contributed by atoms with van der Waals surface area (Å²) in [6.45, 7) is 1.62. The second-order valence-corrected chi connectivity index (χ2v) is 6.31. The van der Waals surface area contributed by atoms with Crippen molar-refractivity contribution in [3.8, 4) is 5.75 Å². The highest BCUT2D eigenvalue weighted by Gasteiger charge is 2.15. The third kappa shape index (κ3) is 3.59. The Hall–Kier alpha value is -1.92. The maximum Gasteiger partial charge on any atom is 0.240 e. The number of hydrogen-bond acceptors (Lipinski definition) is 3. The van der Waals surface area contributed by atoms with Gasteiger partial charge in [0.1, 0.15) is 11.6 Å². The van der Waals surface area contributed by atoms with Crippen molar-refractivity contribution in [3.05, 3.63) is 59.4 Å². The van der Waals surface area contributed by atoms with Crippen LogP contribution in [0.15, 0.2) is 47.4 Å². The summed E-state index contributed by atoms with van der Waals surface area (Å²) in [5, 5.41) is 0. The highest BCUT2D eigenvalue weighted by atomic mass is 32.2. The highest BCUT2D eigenvalue weighted by Crippen LogP contribution is 2.19. The highest BCUT2D eigenvalue weighted by molar-refractivity contribution is 7.89. The summed E-state index contributed by atoms with van der Waals surface area (Å²) < 4.78 is 45.2. The van der Waals surface area contributed by atoms with Crippen molar-refractivity contribution in [1.29, 1.82) is 0 Å². The number of sulfonamides is 1. The van der Waals surface area contributed by atoms with E-state index in [0.717, 1.165) is 11.6 Å². The van der Waals surface area contributed by atoms with Crippen LogP contribution in [-0.4, -0.2) is 15.5 Å². The normalized spacial score (nSPS) is 11.4. The van der Waals surface area contributed by atoms with Crippen LogP contribution in [0.1, 0.15) is 11.1 Å². The first-order valence-electron chi connectivity index (χ1n) is 6.32. The Morgan fingerprint density at radius 3 is 2.57 bits per heavy atom. The lowest BCUT2D eigenvalue weighted by atomic mass is 10.2. The van der Waals surface area contributed by atoms with Gasteiger partial charge in [0, 0.05) is 12.1 Å². The number of rotatable bonds is 5. The van der Waals surface area contributed by atoms with E-state index < -0.39 is 15.8 Å². The van der Waals surface area contributed by atoms with Gasteiger partial charge < -0.3 is 4.74 Å². The molecule has 4 nitrogen and oxygen atoms in total. The Morgan fingerprint density at radius 2 is 1.90 bits per heavy atom. The van der Waals surface area contributed by atoms with E-state index in [0.29, 0.717) is 5.75 Å². The van der Waals surface area contributed by atoms with Crippen LogP contribution in [0, 0.1) is 12.7 Å². The molecule has 2 aromatic rings. The van der Waals surface area contributed by atoms with E-state index in [1.165, 1.54) is 26.2 Å². The lowest BCUT2D eigenvalue weighted by Gasteiger charge is -2.10. The van der Waals surface area contributed by atoms with Crippen molar-refractivity contribution in [2.75, 3.05) is 7.11 Å². The van der Waals surface area contributed by atoms with Crippen molar-refractivity contribution in [2.24, 2.45) is 0 Å². The first kappa shape index (κ1) is 15.5. The summed E-state index contributed by atoms with van der Waals surface area (Å²) >= 11 is 0. The summed E-state index contributed by atoms with van der Waals surface area (Å²) in [7, 11) is -2.17. The number of methoxy groups -OCH3 is 1. The van der Waals surface area contributed by atoms with Crippen LogP contribution >= 0.6 is 0 Å². The van der Waals surface area contributed by atoms with Crippen LogP contribution in [0.4, 0.5) is 4.39 Å². The second kappa shape index (κ2) is 6.24. The van der Waals surface area contributed by atoms with Crippen LogP contribution in [-0.2, 0) is 16.6 Å². The van der Waals surface area contributed by atoms with Crippen molar-refractivity contribution in [1.82, 2.24) is 4.72 Å². The molecule has 0 aliphatic carbocycles. The van der Waals surface area contributed by atoms with Gasteiger partial charge in [-0.3, -0.25) is 0 Å². The smallest absolute Gasteiger partial charge is 0.240 e. The molecule has 0 bridgehead atoms.